The van der Waals surface area contributed by atoms with E-state index in [9.17, 15) is 4.79 Å². The molecule has 0 spiro atoms. The van der Waals surface area contributed by atoms with Crippen LogP contribution in [0.5, 0.6) is 0 Å². The Labute approximate surface area is 190 Å². The van der Waals surface area contributed by atoms with Gasteiger partial charge >= 0.3 is 0 Å². The van der Waals surface area contributed by atoms with Crippen LogP contribution in [0.4, 0.5) is 5.69 Å². The zero-order valence-electron chi connectivity index (χ0n) is 17.8. The number of hydrogen-bond acceptors (Lipinski definition) is 3. The number of hydrogen-bond donors (Lipinski definition) is 2. The fourth-order valence-corrected chi connectivity index (χ4v) is 4.49. The van der Waals surface area contributed by atoms with Gasteiger partial charge in [0.25, 0.3) is 0 Å². The van der Waals surface area contributed by atoms with Crippen molar-refractivity contribution in [3.8, 4) is 0 Å². The molecule has 0 saturated carbocycles. The molecule has 1 aliphatic heterocycles. The third kappa shape index (κ3) is 5.92. The molecule has 160 valence electrons. The molecule has 1 N–H and O–H groups in total. The Morgan fingerprint density at radius 2 is 1.52 bits per heavy atom. The zero-order valence-corrected chi connectivity index (χ0v) is 18.7. The molecule has 0 bridgehead atoms. The minimum atomic E-state index is -0.0721. The Morgan fingerprint density at radius 3 is 2.26 bits per heavy atom. The van der Waals surface area contributed by atoms with Gasteiger partial charge in [-0.05, 0) is 60.6 Å². The molecule has 1 unspecified atom stereocenters. The molecular weight excluding hydrogens is 400 g/mol. The average Bonchev–Trinajstić information content (AvgIpc) is 2.81. The largest absolute Gasteiger partial charge is 0.371 e. The molecule has 1 amide bonds. The highest BCUT2D eigenvalue weighted by Crippen LogP contribution is 2.31. The van der Waals surface area contributed by atoms with Gasteiger partial charge in [0.05, 0.1) is 12.5 Å². The number of rotatable bonds is 7. The van der Waals surface area contributed by atoms with Crippen LogP contribution in [0.1, 0.15) is 42.0 Å². The van der Waals surface area contributed by atoms with Crippen molar-refractivity contribution in [3.05, 3.63) is 95.6 Å². The number of anilines is 1. The van der Waals surface area contributed by atoms with Gasteiger partial charge in [0, 0.05) is 23.7 Å². The van der Waals surface area contributed by atoms with Crippen LogP contribution < -0.4 is 10.2 Å². The van der Waals surface area contributed by atoms with E-state index in [1.54, 1.807) is 0 Å². The lowest BCUT2D eigenvalue weighted by molar-refractivity contribution is -0.121. The first-order valence-electron chi connectivity index (χ1n) is 11.1. The second-order valence-electron chi connectivity index (χ2n) is 8.26. The maximum absolute atomic E-state index is 13.0. The molecule has 0 radical (unpaired) electrons. The fourth-order valence-electron chi connectivity index (χ4n) is 4.34. The molecule has 3 aromatic rings. The number of para-hydroxylation sites is 1. The summed E-state index contributed by atoms with van der Waals surface area (Å²) in [5, 5.41) is 3.34. The van der Waals surface area contributed by atoms with Crippen molar-refractivity contribution in [1.29, 1.82) is 0 Å². The average molecular weight is 431 g/mol. The van der Waals surface area contributed by atoms with Crippen LogP contribution in [0.25, 0.3) is 0 Å². The van der Waals surface area contributed by atoms with Crippen LogP contribution in [0.15, 0.2) is 83.8 Å². The van der Waals surface area contributed by atoms with Crippen LogP contribution >= 0.6 is 12.6 Å². The molecule has 0 aliphatic carbocycles. The Hall–Kier alpha value is -2.72. The van der Waals surface area contributed by atoms with E-state index in [0.29, 0.717) is 6.42 Å². The zero-order chi connectivity index (χ0) is 21.5. The highest BCUT2D eigenvalue weighted by molar-refractivity contribution is 7.80. The van der Waals surface area contributed by atoms with Gasteiger partial charge in [0.15, 0.2) is 0 Å². The number of nitrogens with one attached hydrogen (secondary N) is 1. The topological polar surface area (TPSA) is 32.3 Å². The summed E-state index contributed by atoms with van der Waals surface area (Å²) in [4.78, 5) is 16.4. The fraction of sp³-hybridized carbons (Fsp3) is 0.296. The first kappa shape index (κ1) is 21.5. The molecule has 3 aromatic carbocycles. The molecule has 31 heavy (non-hydrogen) atoms. The Morgan fingerprint density at radius 1 is 0.839 bits per heavy atom. The molecule has 4 heteroatoms. The van der Waals surface area contributed by atoms with Gasteiger partial charge in [0.1, 0.15) is 0 Å². The van der Waals surface area contributed by atoms with Crippen molar-refractivity contribution in [2.45, 2.75) is 43.0 Å². The van der Waals surface area contributed by atoms with Crippen LogP contribution in [0, 0.1) is 0 Å². The highest BCUT2D eigenvalue weighted by atomic mass is 32.1. The number of benzene rings is 3. The van der Waals surface area contributed by atoms with Crippen molar-refractivity contribution in [2.24, 2.45) is 0 Å². The number of carbonyl (C=O) groups excluding carboxylic acids is 1. The summed E-state index contributed by atoms with van der Waals surface area (Å²) in [5.41, 5.74) is 4.67. The number of carbonyl (C=O) groups is 1. The van der Waals surface area contributed by atoms with Crippen LogP contribution in [-0.2, 0) is 17.6 Å². The first-order chi connectivity index (χ1) is 15.2. The maximum Gasteiger partial charge on any atom is 0.224 e. The number of thiol groups is 1. The van der Waals surface area contributed by atoms with Gasteiger partial charge in [-0.1, -0.05) is 60.7 Å². The lowest BCUT2D eigenvalue weighted by atomic mass is 9.95. The lowest BCUT2D eigenvalue weighted by Gasteiger charge is -2.33. The summed E-state index contributed by atoms with van der Waals surface area (Å²) in [5.74, 6) is 0.0429. The van der Waals surface area contributed by atoms with E-state index in [1.807, 2.05) is 30.3 Å². The third-order valence-electron chi connectivity index (χ3n) is 5.93. The standard InChI is InChI=1S/C27H30N2OS/c30-27(20-22-13-15-23(31)16-14-22)28-25(19-21-9-3-1-4-10-21)24-11-5-6-12-26(24)29-17-7-2-8-18-29/h1,3-6,9-16,25,31H,2,7-8,17-20H2,(H,28,30). The van der Waals surface area contributed by atoms with Crippen molar-refractivity contribution in [2.75, 3.05) is 18.0 Å². The van der Waals surface area contributed by atoms with E-state index >= 15 is 0 Å². The van der Waals surface area contributed by atoms with E-state index in [-0.39, 0.29) is 11.9 Å². The maximum atomic E-state index is 13.0. The highest BCUT2D eigenvalue weighted by Gasteiger charge is 2.22. The Kier molecular flexibility index (Phi) is 7.31. The Bertz CT molecular complexity index is 982. The number of piperidine rings is 1. The van der Waals surface area contributed by atoms with Gasteiger partial charge in [-0.25, -0.2) is 0 Å². The monoisotopic (exact) mass is 430 g/mol. The van der Waals surface area contributed by atoms with Gasteiger partial charge in [-0.15, -0.1) is 12.6 Å². The van der Waals surface area contributed by atoms with E-state index in [1.165, 1.54) is 36.1 Å². The predicted octanol–water partition coefficient (Wildman–Crippen LogP) is 5.61. The molecule has 0 aromatic heterocycles. The summed E-state index contributed by atoms with van der Waals surface area (Å²) in [7, 11) is 0. The van der Waals surface area contributed by atoms with Crippen molar-refractivity contribution in [3.63, 3.8) is 0 Å². The molecule has 1 heterocycles. The van der Waals surface area contributed by atoms with Gasteiger partial charge in [0.2, 0.25) is 5.91 Å². The van der Waals surface area contributed by atoms with Crippen LogP contribution in [0.2, 0.25) is 0 Å². The van der Waals surface area contributed by atoms with Crippen molar-refractivity contribution in [1.82, 2.24) is 5.32 Å². The van der Waals surface area contributed by atoms with E-state index < -0.39 is 0 Å². The first-order valence-corrected chi connectivity index (χ1v) is 11.6. The summed E-state index contributed by atoms with van der Waals surface area (Å²) in [6.45, 7) is 2.16. The predicted molar refractivity (Wildman–Crippen MR) is 131 cm³/mol. The van der Waals surface area contributed by atoms with Gasteiger partial charge in [-0.2, -0.15) is 0 Å². The molecule has 3 nitrogen and oxygen atoms in total. The smallest absolute Gasteiger partial charge is 0.224 e. The number of nitrogens with zero attached hydrogens (tertiary/aromatic N) is 1. The molecule has 1 aliphatic rings. The van der Waals surface area contributed by atoms with E-state index in [4.69, 9.17) is 0 Å². The summed E-state index contributed by atoms with van der Waals surface area (Å²) in [6.07, 6.45) is 4.89. The van der Waals surface area contributed by atoms with Crippen molar-refractivity contribution >= 4 is 24.2 Å². The van der Waals surface area contributed by atoms with E-state index in [2.05, 4.69) is 71.4 Å². The summed E-state index contributed by atoms with van der Waals surface area (Å²) < 4.78 is 0. The third-order valence-corrected chi connectivity index (χ3v) is 6.23. The second kappa shape index (κ2) is 10.5. The molecular formula is C27H30N2OS. The van der Waals surface area contributed by atoms with Crippen LogP contribution in [0.3, 0.4) is 0 Å². The molecule has 1 atom stereocenters. The molecule has 1 fully saturated rings. The second-order valence-corrected chi connectivity index (χ2v) is 8.78. The summed E-state index contributed by atoms with van der Waals surface area (Å²) >= 11 is 4.34. The van der Waals surface area contributed by atoms with Crippen molar-refractivity contribution < 1.29 is 4.79 Å². The quantitative estimate of drug-likeness (QED) is 0.478. The number of amides is 1. The van der Waals surface area contributed by atoms with Gasteiger partial charge in [-0.3, -0.25) is 4.79 Å². The normalized spacial score (nSPS) is 14.8. The minimum absolute atomic E-state index is 0.0429. The van der Waals surface area contributed by atoms with E-state index in [0.717, 1.165) is 30.0 Å². The summed E-state index contributed by atoms with van der Waals surface area (Å²) in [6, 6.07) is 26.7. The minimum Gasteiger partial charge on any atom is -0.371 e. The van der Waals surface area contributed by atoms with Crippen LogP contribution in [-0.4, -0.2) is 19.0 Å². The Balaban J connectivity index is 1.58. The molecule has 1 saturated heterocycles. The van der Waals surface area contributed by atoms with Gasteiger partial charge < -0.3 is 10.2 Å². The SMILES string of the molecule is O=C(Cc1ccc(S)cc1)NC(Cc1ccccc1)c1ccccc1N1CCCCC1. The lowest BCUT2D eigenvalue weighted by Crippen LogP contribution is -2.35. The molecule has 4 rings (SSSR count).